The first-order valence-corrected chi connectivity index (χ1v) is 5.34. The number of aromatic nitrogens is 1. The van der Waals surface area contributed by atoms with E-state index in [0.717, 1.165) is 0 Å². The van der Waals surface area contributed by atoms with E-state index < -0.39 is 0 Å². The van der Waals surface area contributed by atoms with E-state index in [1.807, 2.05) is 12.3 Å². The number of nitrogens with zero attached hydrogens (tertiary/aromatic N) is 1. The molecule has 1 heterocycles. The quantitative estimate of drug-likeness (QED) is 0.667. The minimum absolute atomic E-state index is 1.20. The van der Waals surface area contributed by atoms with Crippen LogP contribution < -0.4 is 4.35 Å². The average molecular weight is 231 g/mol. The van der Waals surface area contributed by atoms with E-state index in [2.05, 4.69) is 35.3 Å². The van der Waals surface area contributed by atoms with Crippen molar-refractivity contribution in [2.45, 2.75) is 0 Å². The monoisotopic (exact) mass is 231 g/mol. The van der Waals surface area contributed by atoms with Crippen LogP contribution in [-0.2, 0) is 0 Å². The van der Waals surface area contributed by atoms with Crippen LogP contribution in [0.3, 0.4) is 0 Å². The first-order valence-electron chi connectivity index (χ1n) is 4.13. The van der Waals surface area contributed by atoms with Crippen LogP contribution in [0.25, 0.3) is 11.1 Å². The van der Waals surface area contributed by atoms with Gasteiger partial charge >= 0.3 is 86.1 Å². The molecule has 0 radical (unpaired) electrons. The van der Waals surface area contributed by atoms with Gasteiger partial charge in [0.15, 0.2) is 0 Å². The summed E-state index contributed by atoms with van der Waals surface area (Å²) >= 11 is 1.65. The van der Waals surface area contributed by atoms with Crippen LogP contribution in [0.2, 0.25) is 0 Å². The Bertz CT molecular complexity index is 398. The van der Waals surface area contributed by atoms with E-state index in [4.69, 9.17) is 0 Å². The van der Waals surface area contributed by atoms with Gasteiger partial charge in [-0.15, -0.1) is 0 Å². The first-order chi connectivity index (χ1) is 6.38. The second kappa shape index (κ2) is 3.76. The van der Waals surface area contributed by atoms with Crippen molar-refractivity contribution >= 4 is 21.2 Å². The molecule has 0 aliphatic rings. The van der Waals surface area contributed by atoms with Gasteiger partial charge in [0, 0.05) is 0 Å². The van der Waals surface area contributed by atoms with E-state index in [9.17, 15) is 0 Å². The number of rotatable bonds is 1. The summed E-state index contributed by atoms with van der Waals surface area (Å²) in [6.07, 6.45) is 3.70. The molecule has 2 rings (SSSR count). The Morgan fingerprint density at radius 3 is 2.54 bits per heavy atom. The van der Waals surface area contributed by atoms with Crippen LogP contribution in [-0.4, -0.2) is 21.8 Å². The number of hydrogen-bond acceptors (Lipinski definition) is 1. The van der Waals surface area contributed by atoms with Gasteiger partial charge in [0.1, 0.15) is 0 Å². The summed E-state index contributed by atoms with van der Waals surface area (Å²) in [5.74, 6) is 0. The summed E-state index contributed by atoms with van der Waals surface area (Å²) in [6, 6.07) is 12.5. The van der Waals surface area contributed by atoms with E-state index in [-0.39, 0.29) is 0 Å². The normalized spacial score (nSPS) is 9.92. The Morgan fingerprint density at radius 1 is 1.00 bits per heavy atom. The summed E-state index contributed by atoms with van der Waals surface area (Å²) in [6.45, 7) is 0. The van der Waals surface area contributed by atoms with Crippen molar-refractivity contribution in [3.8, 4) is 11.1 Å². The fourth-order valence-electron chi connectivity index (χ4n) is 1.28. The molecule has 2 heteroatoms. The zero-order valence-corrected chi connectivity index (χ0v) is 9.57. The van der Waals surface area contributed by atoms with Crippen molar-refractivity contribution in [2.24, 2.45) is 0 Å². The molecule has 0 fully saturated rings. The van der Waals surface area contributed by atoms with Crippen LogP contribution in [0.5, 0.6) is 0 Å². The summed E-state index contributed by atoms with van der Waals surface area (Å²) in [4.78, 5) is 4.11. The molecule has 0 N–H and O–H groups in total. The number of benzene rings is 1. The van der Waals surface area contributed by atoms with Gasteiger partial charge in [-0.1, -0.05) is 0 Å². The van der Waals surface area contributed by atoms with Gasteiger partial charge in [0.25, 0.3) is 0 Å². The number of pyridine rings is 1. The molecule has 64 valence electrons. The second-order valence-corrected chi connectivity index (χ2v) is 4.13. The van der Waals surface area contributed by atoms with Crippen LogP contribution in [0.4, 0.5) is 0 Å². The Hall–Kier alpha value is -1.07. The van der Waals surface area contributed by atoms with Crippen molar-refractivity contribution < 1.29 is 0 Å². The third kappa shape index (κ3) is 1.81. The maximum atomic E-state index is 4.11. The zero-order chi connectivity index (χ0) is 9.10. The van der Waals surface area contributed by atoms with Gasteiger partial charge in [-0.05, 0) is 0 Å². The molecule has 1 nitrogen and oxygen atoms in total. The summed E-state index contributed by atoms with van der Waals surface area (Å²) in [5, 5.41) is 0. The van der Waals surface area contributed by atoms with Crippen molar-refractivity contribution in [3.63, 3.8) is 0 Å². The van der Waals surface area contributed by atoms with Crippen LogP contribution in [0.1, 0.15) is 0 Å². The molecular formula is C11H10AsN. The molecule has 0 bridgehead atoms. The molecule has 0 aliphatic carbocycles. The Labute approximate surface area is 86.3 Å². The van der Waals surface area contributed by atoms with E-state index in [1.165, 1.54) is 15.5 Å². The number of hydrogen-bond donors (Lipinski definition) is 0. The van der Waals surface area contributed by atoms with E-state index >= 15 is 0 Å². The molecule has 0 aliphatic heterocycles. The van der Waals surface area contributed by atoms with Crippen molar-refractivity contribution in [1.82, 2.24) is 4.98 Å². The van der Waals surface area contributed by atoms with Crippen molar-refractivity contribution in [2.75, 3.05) is 0 Å². The van der Waals surface area contributed by atoms with Crippen molar-refractivity contribution in [3.05, 3.63) is 48.8 Å². The SMILES string of the molecule is [AsH2]c1ccccc1-c1cccnc1. The van der Waals surface area contributed by atoms with Crippen LogP contribution in [0.15, 0.2) is 48.8 Å². The van der Waals surface area contributed by atoms with Gasteiger partial charge in [0.2, 0.25) is 0 Å². The predicted octanol–water partition coefficient (Wildman–Crippen LogP) is 1.01. The fraction of sp³-hybridized carbons (Fsp3) is 0. The molecule has 13 heavy (non-hydrogen) atoms. The molecule has 1 aromatic carbocycles. The molecule has 2 aromatic rings. The Kier molecular flexibility index (Phi) is 2.46. The second-order valence-electron chi connectivity index (χ2n) is 2.83. The van der Waals surface area contributed by atoms with Gasteiger partial charge in [-0.3, -0.25) is 0 Å². The fourth-order valence-corrected chi connectivity index (χ4v) is 2.07. The van der Waals surface area contributed by atoms with Crippen LogP contribution in [0, 0.1) is 0 Å². The summed E-state index contributed by atoms with van der Waals surface area (Å²) in [7, 11) is 0. The first kappa shape index (κ1) is 8.52. The Balaban J connectivity index is 2.54. The average Bonchev–Trinajstić information content (AvgIpc) is 2.20. The topological polar surface area (TPSA) is 12.9 Å². The van der Waals surface area contributed by atoms with E-state index in [0.29, 0.717) is 0 Å². The standard InChI is InChI=1S/C11H10AsN/c12-11-6-2-1-5-10(11)9-4-3-7-13-8-9/h1-8H,12H2. The van der Waals surface area contributed by atoms with Gasteiger partial charge in [-0.2, -0.15) is 0 Å². The third-order valence-electron chi connectivity index (χ3n) is 1.93. The summed E-state index contributed by atoms with van der Waals surface area (Å²) in [5.41, 5.74) is 2.48. The predicted molar refractivity (Wildman–Crippen MR) is 57.9 cm³/mol. The summed E-state index contributed by atoms with van der Waals surface area (Å²) < 4.78 is 1.35. The van der Waals surface area contributed by atoms with Gasteiger partial charge < -0.3 is 0 Å². The zero-order valence-electron chi connectivity index (χ0n) is 7.14. The molecule has 0 saturated carbocycles. The molecule has 1 unspecified atom stereocenters. The third-order valence-corrected chi connectivity index (χ3v) is 2.99. The van der Waals surface area contributed by atoms with Crippen LogP contribution >= 0.6 is 0 Å². The molecule has 0 spiro atoms. The molecule has 0 saturated heterocycles. The molecule has 1 atom stereocenters. The minimum atomic E-state index is 1.20. The molecule has 1 aromatic heterocycles. The van der Waals surface area contributed by atoms with E-state index in [1.54, 1.807) is 23.0 Å². The van der Waals surface area contributed by atoms with Gasteiger partial charge in [-0.25, -0.2) is 0 Å². The Morgan fingerprint density at radius 2 is 1.85 bits per heavy atom. The van der Waals surface area contributed by atoms with Gasteiger partial charge in [0.05, 0.1) is 0 Å². The van der Waals surface area contributed by atoms with Crippen molar-refractivity contribution in [1.29, 1.82) is 0 Å². The maximum absolute atomic E-state index is 4.11. The molecule has 0 amide bonds. The molecular weight excluding hydrogens is 221 g/mol.